The molecule has 0 saturated heterocycles. The molecule has 2 aromatic rings. The molecule has 17 heavy (non-hydrogen) atoms. The topological polar surface area (TPSA) is 75.8 Å². The molecule has 0 unspecified atom stereocenters. The molecule has 88 valence electrons. The third kappa shape index (κ3) is 2.29. The summed E-state index contributed by atoms with van der Waals surface area (Å²) < 4.78 is 24.2. The van der Waals surface area contributed by atoms with Gasteiger partial charge in [-0.25, -0.2) is 13.4 Å². The smallest absolute Gasteiger partial charge is 0.154 e. The minimum absolute atomic E-state index is 0.0972. The van der Waals surface area contributed by atoms with Crippen LogP contribution in [0.1, 0.15) is 11.4 Å². The lowest BCUT2D eigenvalue weighted by Crippen LogP contribution is -2.06. The largest absolute Gasteiger partial charge is 0.330 e. The Morgan fingerprint density at radius 1 is 1.47 bits per heavy atom. The summed E-state index contributed by atoms with van der Waals surface area (Å²) in [5.74, 6) is 0.387. The zero-order chi connectivity index (χ0) is 12.6. The van der Waals surface area contributed by atoms with E-state index < -0.39 is 9.84 Å². The van der Waals surface area contributed by atoms with E-state index in [-0.39, 0.29) is 5.75 Å². The van der Waals surface area contributed by atoms with Gasteiger partial charge in [-0.2, -0.15) is 5.26 Å². The summed E-state index contributed by atoms with van der Waals surface area (Å²) in [7, 11) is -1.36. The predicted octanol–water partition coefficient (Wildman–Crippen LogP) is 0.990. The highest BCUT2D eigenvalue weighted by Gasteiger charge is 2.13. The SMILES string of the molecule is Cn1c(CS(C)(=O)=O)nc2ccc(C#N)cc21. The number of aromatic nitrogens is 2. The number of benzene rings is 1. The monoisotopic (exact) mass is 249 g/mol. The number of hydrogen-bond donors (Lipinski definition) is 0. The molecular formula is C11H11N3O2S. The molecule has 0 atom stereocenters. The van der Waals surface area contributed by atoms with Gasteiger partial charge in [0.2, 0.25) is 0 Å². The second-order valence-electron chi connectivity index (χ2n) is 3.97. The van der Waals surface area contributed by atoms with Crippen LogP contribution in [0.2, 0.25) is 0 Å². The van der Waals surface area contributed by atoms with E-state index in [1.807, 2.05) is 6.07 Å². The third-order valence-corrected chi connectivity index (χ3v) is 3.28. The van der Waals surface area contributed by atoms with Crippen LogP contribution in [0, 0.1) is 11.3 Å². The van der Waals surface area contributed by atoms with Crippen LogP contribution < -0.4 is 0 Å². The summed E-state index contributed by atoms with van der Waals surface area (Å²) in [6.07, 6.45) is 1.17. The number of rotatable bonds is 2. The maximum atomic E-state index is 11.2. The van der Waals surface area contributed by atoms with Crippen LogP contribution in [-0.2, 0) is 22.6 Å². The second-order valence-corrected chi connectivity index (χ2v) is 6.11. The summed E-state index contributed by atoms with van der Waals surface area (Å²) in [6, 6.07) is 7.14. The van der Waals surface area contributed by atoms with Crippen molar-refractivity contribution >= 4 is 20.9 Å². The predicted molar refractivity (Wildman–Crippen MR) is 64.0 cm³/mol. The first-order chi connectivity index (χ1) is 7.90. The number of imidazole rings is 1. The molecule has 0 amide bonds. The first-order valence-electron chi connectivity index (χ1n) is 4.94. The van der Waals surface area contributed by atoms with Gasteiger partial charge in [-0.1, -0.05) is 0 Å². The van der Waals surface area contributed by atoms with Gasteiger partial charge in [0.25, 0.3) is 0 Å². The van der Waals surface area contributed by atoms with Gasteiger partial charge in [-0.05, 0) is 18.2 Å². The van der Waals surface area contributed by atoms with E-state index in [1.165, 1.54) is 6.26 Å². The maximum Gasteiger partial charge on any atom is 0.154 e. The molecule has 0 saturated carbocycles. The Morgan fingerprint density at radius 2 is 2.18 bits per heavy atom. The van der Waals surface area contributed by atoms with Crippen molar-refractivity contribution in [1.82, 2.24) is 9.55 Å². The quantitative estimate of drug-likeness (QED) is 0.795. The van der Waals surface area contributed by atoms with E-state index in [0.29, 0.717) is 16.9 Å². The van der Waals surface area contributed by atoms with Crippen LogP contribution in [-0.4, -0.2) is 24.2 Å². The Labute approximate surface area is 99.2 Å². The number of nitrogens with zero attached hydrogens (tertiary/aromatic N) is 3. The first kappa shape index (κ1) is 11.6. The van der Waals surface area contributed by atoms with Crippen LogP contribution in [0.5, 0.6) is 0 Å². The molecule has 1 heterocycles. The maximum absolute atomic E-state index is 11.2. The lowest BCUT2D eigenvalue weighted by Gasteiger charge is -2.00. The molecule has 1 aromatic heterocycles. The fourth-order valence-corrected chi connectivity index (χ4v) is 2.40. The molecule has 0 bridgehead atoms. The van der Waals surface area contributed by atoms with Gasteiger partial charge < -0.3 is 4.57 Å². The zero-order valence-electron chi connectivity index (χ0n) is 9.51. The normalized spacial score (nSPS) is 11.6. The highest BCUT2D eigenvalue weighted by Crippen LogP contribution is 2.17. The van der Waals surface area contributed by atoms with Crippen LogP contribution in [0.25, 0.3) is 11.0 Å². The van der Waals surface area contributed by atoms with Crippen molar-refractivity contribution in [3.8, 4) is 6.07 Å². The lowest BCUT2D eigenvalue weighted by atomic mass is 10.2. The molecule has 2 rings (SSSR count). The zero-order valence-corrected chi connectivity index (χ0v) is 10.3. The van der Waals surface area contributed by atoms with Gasteiger partial charge in [-0.3, -0.25) is 0 Å². The van der Waals surface area contributed by atoms with E-state index in [0.717, 1.165) is 5.52 Å². The fourth-order valence-electron chi connectivity index (χ4n) is 1.67. The molecule has 5 nitrogen and oxygen atoms in total. The average Bonchev–Trinajstić information content (AvgIpc) is 2.53. The van der Waals surface area contributed by atoms with Crippen molar-refractivity contribution in [2.75, 3.05) is 6.26 Å². The van der Waals surface area contributed by atoms with Gasteiger partial charge in [0.15, 0.2) is 9.84 Å². The van der Waals surface area contributed by atoms with Crippen molar-refractivity contribution < 1.29 is 8.42 Å². The molecule has 0 aliphatic heterocycles. The van der Waals surface area contributed by atoms with Crippen LogP contribution in [0.15, 0.2) is 18.2 Å². The van der Waals surface area contributed by atoms with Crippen LogP contribution >= 0.6 is 0 Å². The molecule has 0 radical (unpaired) electrons. The molecule has 0 aliphatic carbocycles. The minimum atomic E-state index is -3.11. The Bertz CT molecular complexity index is 723. The highest BCUT2D eigenvalue weighted by atomic mass is 32.2. The number of hydrogen-bond acceptors (Lipinski definition) is 4. The standard InChI is InChI=1S/C11H11N3O2S/c1-14-10-5-8(6-12)3-4-9(10)13-11(14)7-17(2,15)16/h3-5H,7H2,1-2H3. The van der Waals surface area contributed by atoms with Gasteiger partial charge >= 0.3 is 0 Å². The lowest BCUT2D eigenvalue weighted by molar-refractivity contribution is 0.598. The Morgan fingerprint density at radius 3 is 2.76 bits per heavy atom. The molecular weight excluding hydrogens is 238 g/mol. The van der Waals surface area contributed by atoms with Gasteiger partial charge in [0.1, 0.15) is 11.6 Å². The Kier molecular flexibility index (Phi) is 2.63. The van der Waals surface area contributed by atoms with Crippen molar-refractivity contribution in [2.45, 2.75) is 5.75 Å². The highest BCUT2D eigenvalue weighted by molar-refractivity contribution is 7.89. The Hall–Kier alpha value is -1.87. The van der Waals surface area contributed by atoms with Gasteiger partial charge in [-0.15, -0.1) is 0 Å². The number of aryl methyl sites for hydroxylation is 1. The third-order valence-electron chi connectivity index (χ3n) is 2.49. The molecule has 0 fully saturated rings. The Balaban J connectivity index is 2.62. The number of sulfone groups is 1. The van der Waals surface area contributed by atoms with Crippen molar-refractivity contribution in [2.24, 2.45) is 7.05 Å². The fraction of sp³-hybridized carbons (Fsp3) is 0.273. The summed E-state index contributed by atoms with van der Waals surface area (Å²) >= 11 is 0. The summed E-state index contributed by atoms with van der Waals surface area (Å²) in [6.45, 7) is 0. The summed E-state index contributed by atoms with van der Waals surface area (Å²) in [5, 5.41) is 8.81. The molecule has 0 aliphatic rings. The van der Waals surface area contributed by atoms with E-state index in [9.17, 15) is 8.42 Å². The molecule has 1 aromatic carbocycles. The first-order valence-corrected chi connectivity index (χ1v) is 7.00. The molecule has 6 heteroatoms. The van der Waals surface area contributed by atoms with Gasteiger partial charge in [0, 0.05) is 13.3 Å². The summed E-state index contributed by atoms with van der Waals surface area (Å²) in [4.78, 5) is 4.25. The van der Waals surface area contributed by atoms with E-state index in [1.54, 1.807) is 29.8 Å². The average molecular weight is 249 g/mol. The second kappa shape index (κ2) is 3.86. The van der Waals surface area contributed by atoms with E-state index >= 15 is 0 Å². The van der Waals surface area contributed by atoms with Crippen molar-refractivity contribution in [3.05, 3.63) is 29.6 Å². The van der Waals surface area contributed by atoms with Crippen LogP contribution in [0.3, 0.4) is 0 Å². The van der Waals surface area contributed by atoms with Crippen molar-refractivity contribution in [1.29, 1.82) is 5.26 Å². The summed E-state index contributed by atoms with van der Waals surface area (Å²) in [5.41, 5.74) is 2.00. The van der Waals surface area contributed by atoms with Crippen LogP contribution in [0.4, 0.5) is 0 Å². The minimum Gasteiger partial charge on any atom is -0.330 e. The van der Waals surface area contributed by atoms with Crippen molar-refractivity contribution in [3.63, 3.8) is 0 Å². The molecule has 0 spiro atoms. The number of fused-ring (bicyclic) bond motifs is 1. The molecule has 0 N–H and O–H groups in total. The van der Waals surface area contributed by atoms with Gasteiger partial charge in [0.05, 0.1) is 22.7 Å². The number of nitriles is 1. The van der Waals surface area contributed by atoms with E-state index in [2.05, 4.69) is 4.98 Å². The van der Waals surface area contributed by atoms with E-state index in [4.69, 9.17) is 5.26 Å².